The number of hydrogen-bond donors (Lipinski definition) is 3. The Morgan fingerprint density at radius 2 is 1.75 bits per heavy atom. The second kappa shape index (κ2) is 8.34. The van der Waals surface area contributed by atoms with E-state index in [1.165, 1.54) is 44.1 Å². The Bertz CT molecular complexity index is 1260. The molecule has 1 heterocycles. The van der Waals surface area contributed by atoms with Crippen molar-refractivity contribution in [3.05, 3.63) is 66.3 Å². The first kappa shape index (κ1) is 23.4. The summed E-state index contributed by atoms with van der Waals surface area (Å²) in [5.41, 5.74) is -3.61. The molecule has 3 rings (SSSR count). The van der Waals surface area contributed by atoms with Gasteiger partial charge in [0.15, 0.2) is 11.8 Å². The zero-order valence-corrected chi connectivity index (χ0v) is 18.5. The Labute approximate surface area is 187 Å². The highest BCUT2D eigenvalue weighted by Crippen LogP contribution is 2.39. The molecule has 0 bridgehead atoms. The lowest BCUT2D eigenvalue weighted by molar-refractivity contribution is -0.147. The van der Waals surface area contributed by atoms with E-state index in [2.05, 4.69) is 21.2 Å². The van der Waals surface area contributed by atoms with Crippen LogP contribution in [-0.4, -0.2) is 36.2 Å². The zero-order chi connectivity index (χ0) is 24.0. The normalized spacial score (nSPS) is 12.6. The third-order valence-corrected chi connectivity index (χ3v) is 5.24. The van der Waals surface area contributed by atoms with Crippen molar-refractivity contribution in [1.82, 2.24) is 4.90 Å². The second-order valence-electron chi connectivity index (χ2n) is 7.12. The van der Waals surface area contributed by atoms with E-state index in [-0.39, 0.29) is 21.5 Å². The van der Waals surface area contributed by atoms with E-state index in [1.807, 2.05) is 5.32 Å². The SMILES string of the molecule is Cc1ccc([C@H](Nc2c(Nc3ccc(Br)c(C(=O)N(C)C)c3O)c(=O)c2=O)C(F)(F)F)o1. The fourth-order valence-corrected chi connectivity index (χ4v) is 3.43. The van der Waals surface area contributed by atoms with Crippen LogP contribution in [0.1, 0.15) is 27.9 Å². The lowest BCUT2D eigenvalue weighted by atomic mass is 10.1. The maximum atomic E-state index is 13.6. The number of halogens is 4. The number of alkyl halides is 3. The van der Waals surface area contributed by atoms with Gasteiger partial charge in [-0.1, -0.05) is 0 Å². The molecular weight excluding hydrogens is 499 g/mol. The summed E-state index contributed by atoms with van der Waals surface area (Å²) >= 11 is 3.15. The van der Waals surface area contributed by atoms with Crippen molar-refractivity contribution in [2.75, 3.05) is 24.7 Å². The van der Waals surface area contributed by atoms with E-state index >= 15 is 0 Å². The average molecular weight is 516 g/mol. The Kier molecular flexibility index (Phi) is 6.09. The summed E-state index contributed by atoms with van der Waals surface area (Å²) in [7, 11) is 2.92. The minimum Gasteiger partial charge on any atom is -0.505 e. The molecule has 3 aromatic rings. The molecule has 0 radical (unpaired) electrons. The molecule has 32 heavy (non-hydrogen) atoms. The van der Waals surface area contributed by atoms with Crippen LogP contribution in [0.25, 0.3) is 0 Å². The van der Waals surface area contributed by atoms with Gasteiger partial charge in [-0.3, -0.25) is 14.4 Å². The van der Waals surface area contributed by atoms with Crippen molar-refractivity contribution < 1.29 is 27.5 Å². The smallest absolute Gasteiger partial charge is 0.415 e. The topological polar surface area (TPSA) is 112 Å². The first-order valence-electron chi connectivity index (χ1n) is 9.06. The van der Waals surface area contributed by atoms with Crippen molar-refractivity contribution in [2.45, 2.75) is 19.1 Å². The largest absolute Gasteiger partial charge is 0.505 e. The number of amides is 1. The van der Waals surface area contributed by atoms with Gasteiger partial charge in [-0.2, -0.15) is 13.2 Å². The van der Waals surface area contributed by atoms with E-state index < -0.39 is 51.9 Å². The molecule has 3 N–H and O–H groups in total. The van der Waals surface area contributed by atoms with Gasteiger partial charge < -0.3 is 25.1 Å². The summed E-state index contributed by atoms with van der Waals surface area (Å²) in [6.07, 6.45) is -4.84. The molecule has 1 aromatic heterocycles. The summed E-state index contributed by atoms with van der Waals surface area (Å²) in [5.74, 6) is -1.37. The van der Waals surface area contributed by atoms with E-state index in [1.54, 1.807) is 0 Å². The number of phenols is 1. The second-order valence-corrected chi connectivity index (χ2v) is 7.97. The minimum atomic E-state index is -4.84. The van der Waals surface area contributed by atoms with Gasteiger partial charge in [-0.05, 0) is 47.1 Å². The van der Waals surface area contributed by atoms with Crippen LogP contribution in [0.3, 0.4) is 0 Å². The first-order valence-corrected chi connectivity index (χ1v) is 9.85. The zero-order valence-electron chi connectivity index (χ0n) is 16.9. The van der Waals surface area contributed by atoms with Gasteiger partial charge in [0.05, 0.1) is 11.3 Å². The molecule has 0 spiro atoms. The summed E-state index contributed by atoms with van der Waals surface area (Å²) in [5, 5.41) is 15.0. The van der Waals surface area contributed by atoms with Crippen molar-refractivity contribution >= 4 is 38.9 Å². The number of nitrogens with one attached hydrogen (secondary N) is 2. The number of phenolic OH excluding ortho intramolecular Hbond substituents is 1. The number of anilines is 3. The molecule has 2 aromatic carbocycles. The molecule has 1 amide bonds. The molecule has 0 aliphatic heterocycles. The van der Waals surface area contributed by atoms with Crippen molar-refractivity contribution in [1.29, 1.82) is 0 Å². The standard InChI is InChI=1S/C20H17BrF3N3O5/c1-8-4-7-11(32-8)18(20(22,23)24)26-14-13(16(29)17(14)30)25-10-6-5-9(21)12(15(10)28)19(31)27(2)3/h4-7,18,25-26,28H,1-3H3/t18-/m0/s1. The van der Waals surface area contributed by atoms with Crippen LogP contribution < -0.4 is 21.5 Å². The molecule has 0 aliphatic carbocycles. The average Bonchev–Trinajstić information content (AvgIpc) is 3.12. The predicted molar refractivity (Wildman–Crippen MR) is 114 cm³/mol. The summed E-state index contributed by atoms with van der Waals surface area (Å²) < 4.78 is 46.1. The van der Waals surface area contributed by atoms with Crippen LogP contribution in [0, 0.1) is 6.92 Å². The highest BCUT2D eigenvalue weighted by molar-refractivity contribution is 9.10. The number of benzene rings is 1. The lowest BCUT2D eigenvalue weighted by Gasteiger charge is -2.23. The predicted octanol–water partition coefficient (Wildman–Crippen LogP) is 3.81. The minimum absolute atomic E-state index is 0.132. The van der Waals surface area contributed by atoms with Crippen molar-refractivity contribution in [2.24, 2.45) is 0 Å². The van der Waals surface area contributed by atoms with Gasteiger partial charge in [0.1, 0.15) is 22.9 Å². The molecule has 0 saturated heterocycles. The Hall–Kier alpha value is -3.28. The molecule has 0 aliphatic rings. The van der Waals surface area contributed by atoms with E-state index in [9.17, 15) is 32.7 Å². The van der Waals surface area contributed by atoms with Gasteiger partial charge in [0, 0.05) is 18.6 Å². The van der Waals surface area contributed by atoms with Gasteiger partial charge in [-0.25, -0.2) is 0 Å². The van der Waals surface area contributed by atoms with Crippen molar-refractivity contribution in [3.8, 4) is 5.75 Å². The van der Waals surface area contributed by atoms with E-state index in [4.69, 9.17) is 4.42 Å². The van der Waals surface area contributed by atoms with Crippen LogP contribution in [0.5, 0.6) is 5.75 Å². The molecule has 8 nitrogen and oxygen atoms in total. The number of carbonyl (C=O) groups excluding carboxylic acids is 1. The number of aromatic hydroxyl groups is 1. The summed E-state index contributed by atoms with van der Waals surface area (Å²) in [6.45, 7) is 1.46. The first-order chi connectivity index (χ1) is 14.8. The van der Waals surface area contributed by atoms with Gasteiger partial charge in [0.2, 0.25) is 0 Å². The molecule has 0 fully saturated rings. The maximum absolute atomic E-state index is 13.6. The lowest BCUT2D eigenvalue weighted by Crippen LogP contribution is -2.40. The molecule has 0 saturated carbocycles. The van der Waals surface area contributed by atoms with Crippen LogP contribution in [-0.2, 0) is 0 Å². The third kappa shape index (κ3) is 4.22. The Morgan fingerprint density at radius 1 is 1.12 bits per heavy atom. The van der Waals surface area contributed by atoms with Crippen molar-refractivity contribution in [3.63, 3.8) is 0 Å². The van der Waals surface area contributed by atoms with E-state index in [0.717, 1.165) is 6.07 Å². The molecule has 0 unspecified atom stereocenters. The molecule has 170 valence electrons. The quantitative estimate of drug-likeness (QED) is 0.338. The monoisotopic (exact) mass is 515 g/mol. The third-order valence-electron chi connectivity index (χ3n) is 4.58. The highest BCUT2D eigenvalue weighted by Gasteiger charge is 2.44. The molecule has 1 atom stereocenters. The number of furan rings is 1. The number of aryl methyl sites for hydroxylation is 1. The Morgan fingerprint density at radius 3 is 2.28 bits per heavy atom. The number of carbonyl (C=O) groups is 1. The Balaban J connectivity index is 1.99. The fraction of sp³-hybridized carbons (Fsp3) is 0.250. The number of hydrogen-bond acceptors (Lipinski definition) is 7. The van der Waals surface area contributed by atoms with Crippen LogP contribution >= 0.6 is 15.9 Å². The summed E-state index contributed by atoms with van der Waals surface area (Å²) in [6, 6.07) is 2.76. The fourth-order valence-electron chi connectivity index (χ4n) is 2.94. The van der Waals surface area contributed by atoms with Crippen LogP contribution in [0.2, 0.25) is 0 Å². The van der Waals surface area contributed by atoms with Gasteiger partial charge in [0.25, 0.3) is 16.8 Å². The molecule has 12 heteroatoms. The maximum Gasteiger partial charge on any atom is 0.415 e. The summed E-state index contributed by atoms with van der Waals surface area (Å²) in [4.78, 5) is 37.6. The molecular formula is C20H17BrF3N3O5. The van der Waals surface area contributed by atoms with Crippen LogP contribution in [0.4, 0.5) is 30.2 Å². The van der Waals surface area contributed by atoms with E-state index in [0.29, 0.717) is 0 Å². The van der Waals surface area contributed by atoms with Crippen LogP contribution in [0.15, 0.2) is 42.7 Å². The number of rotatable bonds is 6. The van der Waals surface area contributed by atoms with Gasteiger partial charge >= 0.3 is 6.18 Å². The highest BCUT2D eigenvalue weighted by atomic mass is 79.9. The number of nitrogens with zero attached hydrogens (tertiary/aromatic N) is 1. The van der Waals surface area contributed by atoms with Gasteiger partial charge in [-0.15, -0.1) is 0 Å².